The van der Waals surface area contributed by atoms with E-state index < -0.39 is 11.9 Å². The number of thioether (sulfide) groups is 1. The normalized spacial score (nSPS) is 30.3. The molecule has 2 fully saturated rings. The van der Waals surface area contributed by atoms with Crippen molar-refractivity contribution in [2.75, 3.05) is 11.6 Å². The smallest absolute Gasteiger partial charge is 0.307 e. The summed E-state index contributed by atoms with van der Waals surface area (Å²) in [6, 6.07) is 7.63. The summed E-state index contributed by atoms with van der Waals surface area (Å²) in [7, 11) is 0. The molecule has 4 atom stereocenters. The lowest BCUT2D eigenvalue weighted by Crippen LogP contribution is -2.37. The van der Waals surface area contributed by atoms with Gasteiger partial charge in [-0.3, -0.25) is 9.59 Å². The molecule has 0 radical (unpaired) electrons. The summed E-state index contributed by atoms with van der Waals surface area (Å²) in [5.41, 5.74) is 0.780. The number of benzene rings is 1. The van der Waals surface area contributed by atoms with E-state index in [0.29, 0.717) is 0 Å². The summed E-state index contributed by atoms with van der Waals surface area (Å²) in [6.45, 7) is 0. The van der Waals surface area contributed by atoms with E-state index in [2.05, 4.69) is 5.32 Å². The molecule has 2 bridgehead atoms. The molecule has 0 spiro atoms. The van der Waals surface area contributed by atoms with Crippen LogP contribution in [0.2, 0.25) is 0 Å². The van der Waals surface area contributed by atoms with Crippen molar-refractivity contribution in [3.05, 3.63) is 24.3 Å². The van der Waals surface area contributed by atoms with Crippen LogP contribution in [-0.2, 0) is 9.59 Å². The van der Waals surface area contributed by atoms with E-state index in [0.717, 1.165) is 29.8 Å². The van der Waals surface area contributed by atoms with Crippen molar-refractivity contribution in [2.45, 2.75) is 24.2 Å². The zero-order valence-corrected chi connectivity index (χ0v) is 12.7. The number of hydrogen-bond acceptors (Lipinski definition) is 3. The topological polar surface area (TPSA) is 66.4 Å². The summed E-state index contributed by atoms with van der Waals surface area (Å²) < 4.78 is 0. The Hall–Kier alpha value is -1.49. The van der Waals surface area contributed by atoms with Gasteiger partial charge >= 0.3 is 5.97 Å². The number of amides is 1. The quantitative estimate of drug-likeness (QED) is 0.839. The van der Waals surface area contributed by atoms with E-state index in [4.69, 9.17) is 0 Å². The Bertz CT molecular complexity index is 574. The Labute approximate surface area is 128 Å². The number of carbonyl (C=O) groups is 2. The lowest BCUT2D eigenvalue weighted by molar-refractivity contribution is -0.148. The van der Waals surface area contributed by atoms with Crippen molar-refractivity contribution >= 4 is 29.3 Å². The standard InChI is InChI=1S/C16H19NO3S/c1-21-12-5-3-2-4-11(12)17-15(18)13-9-6-7-10(8-9)14(13)16(19)20/h2-5,9-10,13-14H,6-8H2,1H3,(H,17,18)(H,19,20)/t9-,10-,13-,14-/m0/s1. The number of aliphatic carboxylic acids is 1. The lowest BCUT2D eigenvalue weighted by Gasteiger charge is -2.27. The lowest BCUT2D eigenvalue weighted by atomic mass is 9.78. The maximum absolute atomic E-state index is 12.6. The fourth-order valence-electron chi connectivity index (χ4n) is 3.99. The average Bonchev–Trinajstić information content (AvgIpc) is 3.08. The Morgan fingerprint density at radius 2 is 1.86 bits per heavy atom. The van der Waals surface area contributed by atoms with Gasteiger partial charge in [0.1, 0.15) is 0 Å². The average molecular weight is 305 g/mol. The number of anilines is 1. The Morgan fingerprint density at radius 1 is 1.19 bits per heavy atom. The number of carboxylic acid groups (broad SMARTS) is 1. The first kappa shape index (κ1) is 14.4. The number of hydrogen-bond donors (Lipinski definition) is 2. The van der Waals surface area contributed by atoms with E-state index in [1.807, 2.05) is 30.5 Å². The maximum atomic E-state index is 12.6. The minimum absolute atomic E-state index is 0.129. The molecule has 2 saturated carbocycles. The molecule has 21 heavy (non-hydrogen) atoms. The molecule has 1 aromatic carbocycles. The van der Waals surface area contributed by atoms with Crippen molar-refractivity contribution in [3.8, 4) is 0 Å². The van der Waals surface area contributed by atoms with Gasteiger partial charge in [0.05, 0.1) is 17.5 Å². The summed E-state index contributed by atoms with van der Waals surface area (Å²) in [5, 5.41) is 12.4. The van der Waals surface area contributed by atoms with Crippen LogP contribution in [0.1, 0.15) is 19.3 Å². The predicted octanol–water partition coefficient (Wildman–Crippen LogP) is 3.09. The third-order valence-corrected chi connectivity index (χ3v) is 5.66. The van der Waals surface area contributed by atoms with Crippen LogP contribution in [0.3, 0.4) is 0 Å². The van der Waals surface area contributed by atoms with Crippen LogP contribution < -0.4 is 5.32 Å². The molecule has 0 aliphatic heterocycles. The van der Waals surface area contributed by atoms with Gasteiger partial charge in [-0.25, -0.2) is 0 Å². The fourth-order valence-corrected chi connectivity index (χ4v) is 4.54. The predicted molar refractivity (Wildman–Crippen MR) is 82.3 cm³/mol. The van der Waals surface area contributed by atoms with Crippen molar-refractivity contribution in [1.82, 2.24) is 0 Å². The molecule has 3 rings (SSSR count). The van der Waals surface area contributed by atoms with E-state index >= 15 is 0 Å². The number of carboxylic acids is 1. The molecule has 1 amide bonds. The number of nitrogens with one attached hydrogen (secondary N) is 1. The highest BCUT2D eigenvalue weighted by Crippen LogP contribution is 2.52. The van der Waals surface area contributed by atoms with Crippen LogP contribution in [-0.4, -0.2) is 23.2 Å². The Balaban J connectivity index is 1.80. The number of carbonyl (C=O) groups excluding carboxylic acids is 1. The molecule has 112 valence electrons. The van der Waals surface area contributed by atoms with Gasteiger partial charge in [-0.05, 0) is 49.5 Å². The molecule has 0 saturated heterocycles. The molecule has 2 aliphatic carbocycles. The van der Waals surface area contributed by atoms with Crippen molar-refractivity contribution < 1.29 is 14.7 Å². The third kappa shape index (κ3) is 2.55. The first-order chi connectivity index (χ1) is 10.1. The second kappa shape index (κ2) is 5.72. The van der Waals surface area contributed by atoms with Gasteiger partial charge in [0, 0.05) is 4.90 Å². The SMILES string of the molecule is CSc1ccccc1NC(=O)[C@H]1[C@H]2CC[C@@H](C2)[C@@H]1C(=O)O. The molecule has 2 aliphatic rings. The monoisotopic (exact) mass is 305 g/mol. The van der Waals surface area contributed by atoms with Gasteiger partial charge in [0.15, 0.2) is 0 Å². The third-order valence-electron chi connectivity index (χ3n) is 4.87. The molecular formula is C16H19NO3S. The largest absolute Gasteiger partial charge is 0.481 e. The highest BCUT2D eigenvalue weighted by molar-refractivity contribution is 7.98. The number of para-hydroxylation sites is 1. The van der Waals surface area contributed by atoms with Gasteiger partial charge in [-0.15, -0.1) is 11.8 Å². The zero-order chi connectivity index (χ0) is 15.0. The van der Waals surface area contributed by atoms with Gasteiger partial charge in [-0.2, -0.15) is 0 Å². The minimum Gasteiger partial charge on any atom is -0.481 e. The molecule has 5 heteroatoms. The first-order valence-electron chi connectivity index (χ1n) is 7.28. The molecule has 2 N–H and O–H groups in total. The van der Waals surface area contributed by atoms with E-state index in [-0.39, 0.29) is 23.7 Å². The summed E-state index contributed by atoms with van der Waals surface area (Å²) >= 11 is 1.57. The molecular weight excluding hydrogens is 286 g/mol. The van der Waals surface area contributed by atoms with Gasteiger partial charge in [0.2, 0.25) is 5.91 Å². The van der Waals surface area contributed by atoms with Crippen LogP contribution in [0, 0.1) is 23.7 Å². The van der Waals surface area contributed by atoms with Crippen molar-refractivity contribution in [1.29, 1.82) is 0 Å². The molecule has 0 aromatic heterocycles. The van der Waals surface area contributed by atoms with Crippen LogP contribution in [0.5, 0.6) is 0 Å². The zero-order valence-electron chi connectivity index (χ0n) is 11.9. The van der Waals surface area contributed by atoms with Crippen molar-refractivity contribution in [3.63, 3.8) is 0 Å². The fraction of sp³-hybridized carbons (Fsp3) is 0.500. The summed E-state index contributed by atoms with van der Waals surface area (Å²) in [6.07, 6.45) is 4.78. The number of rotatable bonds is 4. The highest BCUT2D eigenvalue weighted by Gasteiger charge is 2.54. The van der Waals surface area contributed by atoms with Crippen LogP contribution in [0.25, 0.3) is 0 Å². The maximum Gasteiger partial charge on any atom is 0.307 e. The molecule has 4 nitrogen and oxygen atoms in total. The van der Waals surface area contributed by atoms with Crippen molar-refractivity contribution in [2.24, 2.45) is 23.7 Å². The highest BCUT2D eigenvalue weighted by atomic mass is 32.2. The second-order valence-electron chi connectivity index (χ2n) is 5.91. The Kier molecular flexibility index (Phi) is 3.93. The Morgan fingerprint density at radius 3 is 2.52 bits per heavy atom. The van der Waals surface area contributed by atoms with Gasteiger partial charge in [0.25, 0.3) is 0 Å². The molecule has 0 heterocycles. The van der Waals surface area contributed by atoms with Crippen LogP contribution >= 0.6 is 11.8 Å². The number of fused-ring (bicyclic) bond motifs is 2. The summed E-state index contributed by atoms with van der Waals surface area (Å²) in [4.78, 5) is 25.1. The van der Waals surface area contributed by atoms with E-state index in [1.165, 1.54) is 0 Å². The van der Waals surface area contributed by atoms with Crippen LogP contribution in [0.15, 0.2) is 29.2 Å². The first-order valence-corrected chi connectivity index (χ1v) is 8.51. The minimum atomic E-state index is -0.819. The molecule has 1 aromatic rings. The van der Waals surface area contributed by atoms with Crippen LogP contribution in [0.4, 0.5) is 5.69 Å². The summed E-state index contributed by atoms with van der Waals surface area (Å²) in [5.74, 6) is -1.42. The van der Waals surface area contributed by atoms with E-state index in [9.17, 15) is 14.7 Å². The van der Waals surface area contributed by atoms with Gasteiger partial charge in [-0.1, -0.05) is 12.1 Å². The molecule has 0 unspecified atom stereocenters. The second-order valence-corrected chi connectivity index (χ2v) is 6.76. The van der Waals surface area contributed by atoms with Gasteiger partial charge < -0.3 is 10.4 Å². The van der Waals surface area contributed by atoms with E-state index in [1.54, 1.807) is 11.8 Å².